The van der Waals surface area contributed by atoms with Crippen LogP contribution in [0.4, 0.5) is 0 Å². The molecule has 0 saturated carbocycles. The smallest absolute Gasteiger partial charge is 0.350 e. The molecule has 0 saturated heterocycles. The molecule has 0 aliphatic rings. The van der Waals surface area contributed by atoms with Crippen LogP contribution in [0, 0.1) is 6.92 Å². The summed E-state index contributed by atoms with van der Waals surface area (Å²) >= 11 is 1.37. The Morgan fingerprint density at radius 2 is 2.05 bits per heavy atom. The fourth-order valence-corrected chi connectivity index (χ4v) is 2.75. The van der Waals surface area contributed by atoms with Crippen molar-refractivity contribution < 1.29 is 14.3 Å². The second-order valence-electron chi connectivity index (χ2n) is 4.26. The molecule has 0 bridgehead atoms. The molecule has 2 aromatic rings. The zero-order chi connectivity index (χ0) is 16.5. The minimum atomic E-state index is -0.295. The molecule has 0 radical (unpaired) electrons. The molecular weight excluding hydrogens is 298 g/mol. The first-order valence-electron chi connectivity index (χ1n) is 7.40. The molecule has 5 heteroatoms. The van der Waals surface area contributed by atoms with E-state index in [9.17, 15) is 4.79 Å². The third-order valence-electron chi connectivity index (χ3n) is 2.77. The molecule has 0 amide bonds. The van der Waals surface area contributed by atoms with Gasteiger partial charge in [-0.15, -0.1) is 11.3 Å². The fourth-order valence-electron chi connectivity index (χ4n) is 1.92. The van der Waals surface area contributed by atoms with E-state index in [-0.39, 0.29) is 5.97 Å². The summed E-state index contributed by atoms with van der Waals surface area (Å²) in [6, 6.07) is 7.76. The molecule has 2 rings (SSSR count). The van der Waals surface area contributed by atoms with Gasteiger partial charge >= 0.3 is 5.97 Å². The number of carbonyl (C=O) groups excluding carboxylic acids is 1. The Labute approximate surface area is 136 Å². The summed E-state index contributed by atoms with van der Waals surface area (Å²) in [5, 5.41) is 0.867. The molecule has 1 aromatic heterocycles. The third-order valence-corrected chi connectivity index (χ3v) is 3.76. The predicted octanol–water partition coefficient (Wildman–Crippen LogP) is 4.25. The highest BCUT2D eigenvalue weighted by Crippen LogP contribution is 2.23. The summed E-state index contributed by atoms with van der Waals surface area (Å²) in [7, 11) is 1.64. The van der Waals surface area contributed by atoms with E-state index >= 15 is 0 Å². The highest BCUT2D eigenvalue weighted by molar-refractivity contribution is 7.13. The Morgan fingerprint density at radius 3 is 2.68 bits per heavy atom. The number of carbonyl (C=O) groups is 1. The van der Waals surface area contributed by atoms with Gasteiger partial charge in [0.25, 0.3) is 0 Å². The van der Waals surface area contributed by atoms with Crippen molar-refractivity contribution in [1.29, 1.82) is 0 Å². The Hall–Kier alpha value is -1.88. The number of ether oxygens (including phenoxy) is 2. The van der Waals surface area contributed by atoms with Gasteiger partial charge in [0, 0.05) is 6.42 Å². The number of methoxy groups -OCH3 is 1. The minimum absolute atomic E-state index is 0.295. The molecule has 1 aromatic carbocycles. The molecule has 0 spiro atoms. The number of thiazole rings is 1. The van der Waals surface area contributed by atoms with Crippen molar-refractivity contribution in [3.8, 4) is 5.75 Å². The standard InChI is InChI=1S/C15H17NO3S.C2H6/c1-4-19-15(17)14-13(16-10(2)20-14)9-11-6-5-7-12(8-11)18-3;1-2/h5-8H,4,9H2,1-3H3;1-2H3. The van der Waals surface area contributed by atoms with Crippen LogP contribution in [0.25, 0.3) is 0 Å². The van der Waals surface area contributed by atoms with Gasteiger partial charge in [0.1, 0.15) is 10.6 Å². The van der Waals surface area contributed by atoms with Crippen molar-refractivity contribution in [3.63, 3.8) is 0 Å². The van der Waals surface area contributed by atoms with Crippen LogP contribution < -0.4 is 4.74 Å². The van der Waals surface area contributed by atoms with Crippen LogP contribution in [-0.2, 0) is 11.2 Å². The third kappa shape index (κ3) is 4.84. The molecule has 1 heterocycles. The summed E-state index contributed by atoms with van der Waals surface area (Å²) in [5.74, 6) is 0.503. The average molecular weight is 321 g/mol. The number of hydrogen-bond acceptors (Lipinski definition) is 5. The van der Waals surface area contributed by atoms with E-state index in [4.69, 9.17) is 9.47 Å². The maximum atomic E-state index is 11.9. The van der Waals surface area contributed by atoms with Crippen molar-refractivity contribution in [2.75, 3.05) is 13.7 Å². The van der Waals surface area contributed by atoms with Gasteiger partial charge in [-0.1, -0.05) is 26.0 Å². The lowest BCUT2D eigenvalue weighted by Crippen LogP contribution is -2.06. The topological polar surface area (TPSA) is 48.4 Å². The molecule has 0 atom stereocenters. The molecule has 0 aliphatic heterocycles. The lowest BCUT2D eigenvalue weighted by molar-refractivity contribution is 0.0530. The first-order chi connectivity index (χ1) is 10.6. The van der Waals surface area contributed by atoms with Crippen LogP contribution in [-0.4, -0.2) is 24.7 Å². The SMILES string of the molecule is CC.CCOC(=O)c1sc(C)nc1Cc1cccc(OC)c1. The average Bonchev–Trinajstić information content (AvgIpc) is 2.90. The Balaban J connectivity index is 0.00000116. The lowest BCUT2D eigenvalue weighted by Gasteiger charge is -2.05. The number of aromatic nitrogens is 1. The van der Waals surface area contributed by atoms with E-state index in [1.807, 2.05) is 45.0 Å². The van der Waals surface area contributed by atoms with Gasteiger partial charge in [0.2, 0.25) is 0 Å². The Morgan fingerprint density at radius 1 is 1.32 bits per heavy atom. The number of rotatable bonds is 5. The Bertz CT molecular complexity index is 608. The van der Waals surface area contributed by atoms with Crippen molar-refractivity contribution in [2.24, 2.45) is 0 Å². The van der Waals surface area contributed by atoms with Gasteiger partial charge in [0.05, 0.1) is 24.4 Å². The van der Waals surface area contributed by atoms with Gasteiger partial charge in [-0.3, -0.25) is 0 Å². The van der Waals surface area contributed by atoms with Crippen molar-refractivity contribution in [1.82, 2.24) is 4.98 Å². The minimum Gasteiger partial charge on any atom is -0.497 e. The second-order valence-corrected chi connectivity index (χ2v) is 5.46. The summed E-state index contributed by atoms with van der Waals surface area (Å²) in [6.07, 6.45) is 0.593. The molecule has 0 fully saturated rings. The molecule has 22 heavy (non-hydrogen) atoms. The maximum absolute atomic E-state index is 11.9. The van der Waals surface area contributed by atoms with Gasteiger partial charge in [-0.05, 0) is 31.5 Å². The predicted molar refractivity (Wildman–Crippen MR) is 90.0 cm³/mol. The van der Waals surface area contributed by atoms with Crippen LogP contribution >= 0.6 is 11.3 Å². The number of hydrogen-bond donors (Lipinski definition) is 0. The summed E-state index contributed by atoms with van der Waals surface area (Å²) < 4.78 is 10.3. The monoisotopic (exact) mass is 321 g/mol. The normalized spacial score (nSPS) is 9.68. The highest BCUT2D eigenvalue weighted by atomic mass is 32.1. The summed E-state index contributed by atoms with van der Waals surface area (Å²) in [4.78, 5) is 16.9. The van der Waals surface area contributed by atoms with E-state index in [0.29, 0.717) is 17.9 Å². The van der Waals surface area contributed by atoms with E-state index in [1.54, 1.807) is 14.0 Å². The molecule has 0 unspecified atom stereocenters. The van der Waals surface area contributed by atoms with Gasteiger partial charge in [-0.2, -0.15) is 0 Å². The molecule has 120 valence electrons. The highest BCUT2D eigenvalue weighted by Gasteiger charge is 2.18. The molecule has 0 aliphatic carbocycles. The summed E-state index contributed by atoms with van der Waals surface area (Å²) in [6.45, 7) is 8.06. The van der Waals surface area contributed by atoms with E-state index in [0.717, 1.165) is 22.0 Å². The number of esters is 1. The van der Waals surface area contributed by atoms with Gasteiger partial charge < -0.3 is 9.47 Å². The molecular formula is C17H23NO3S. The van der Waals surface area contributed by atoms with E-state index in [1.165, 1.54) is 11.3 Å². The van der Waals surface area contributed by atoms with Crippen LogP contribution in [0.3, 0.4) is 0 Å². The largest absolute Gasteiger partial charge is 0.497 e. The number of nitrogens with zero attached hydrogens (tertiary/aromatic N) is 1. The van der Waals surface area contributed by atoms with Crippen molar-refractivity contribution >= 4 is 17.3 Å². The zero-order valence-electron chi connectivity index (χ0n) is 13.8. The van der Waals surface area contributed by atoms with Crippen LogP contribution in [0.1, 0.15) is 46.7 Å². The molecule has 0 N–H and O–H groups in total. The van der Waals surface area contributed by atoms with Crippen molar-refractivity contribution in [3.05, 3.63) is 45.4 Å². The second kappa shape index (κ2) is 9.20. The van der Waals surface area contributed by atoms with Gasteiger partial charge in [-0.25, -0.2) is 9.78 Å². The van der Waals surface area contributed by atoms with Crippen molar-refractivity contribution in [2.45, 2.75) is 34.1 Å². The first kappa shape index (κ1) is 18.2. The van der Waals surface area contributed by atoms with E-state index in [2.05, 4.69) is 4.98 Å². The van der Waals surface area contributed by atoms with Crippen LogP contribution in [0.5, 0.6) is 5.75 Å². The first-order valence-corrected chi connectivity index (χ1v) is 8.22. The maximum Gasteiger partial charge on any atom is 0.350 e. The van der Waals surface area contributed by atoms with Crippen LogP contribution in [0.15, 0.2) is 24.3 Å². The zero-order valence-corrected chi connectivity index (χ0v) is 14.6. The quantitative estimate of drug-likeness (QED) is 0.772. The number of benzene rings is 1. The lowest BCUT2D eigenvalue weighted by atomic mass is 10.1. The fraction of sp³-hybridized carbons (Fsp3) is 0.412. The Kier molecular flexibility index (Phi) is 7.60. The van der Waals surface area contributed by atoms with Crippen LogP contribution in [0.2, 0.25) is 0 Å². The van der Waals surface area contributed by atoms with E-state index < -0.39 is 0 Å². The molecule has 4 nitrogen and oxygen atoms in total. The summed E-state index contributed by atoms with van der Waals surface area (Å²) in [5.41, 5.74) is 1.82. The van der Waals surface area contributed by atoms with Gasteiger partial charge in [0.15, 0.2) is 0 Å². The number of aryl methyl sites for hydroxylation is 1.